The molecule has 2 aliphatic carbocycles. The van der Waals surface area contributed by atoms with Crippen LogP contribution in [0.5, 0.6) is 0 Å². The van der Waals surface area contributed by atoms with Gasteiger partial charge in [-0.1, -0.05) is 32.1 Å². The maximum Gasteiger partial charge on any atom is 0.168 e. The third-order valence-electron chi connectivity index (χ3n) is 4.00. The van der Waals surface area contributed by atoms with Gasteiger partial charge in [0.15, 0.2) is 5.79 Å². The van der Waals surface area contributed by atoms with Crippen molar-refractivity contribution in [2.45, 2.75) is 57.8 Å². The summed E-state index contributed by atoms with van der Waals surface area (Å²) in [6, 6.07) is 0.628. The molecular formula is C16H29NO2. The average Bonchev–Trinajstić information content (AvgIpc) is 3.13. The van der Waals surface area contributed by atoms with E-state index in [0.29, 0.717) is 6.04 Å². The van der Waals surface area contributed by atoms with Crippen LogP contribution >= 0.6 is 0 Å². The molecule has 3 aliphatic rings. The maximum atomic E-state index is 5.74. The van der Waals surface area contributed by atoms with Crippen molar-refractivity contribution < 1.29 is 10.9 Å². The highest BCUT2D eigenvalue weighted by Crippen LogP contribution is 2.35. The molecule has 110 valence electrons. The van der Waals surface area contributed by atoms with Gasteiger partial charge in [-0.25, -0.2) is 0 Å². The van der Waals surface area contributed by atoms with Crippen LogP contribution in [0.3, 0.4) is 0 Å². The van der Waals surface area contributed by atoms with Crippen molar-refractivity contribution in [3.05, 3.63) is 23.8 Å². The monoisotopic (exact) mass is 267 g/mol. The average molecular weight is 267 g/mol. The lowest BCUT2D eigenvalue weighted by Gasteiger charge is -2.35. The van der Waals surface area contributed by atoms with Gasteiger partial charge in [-0.15, -0.1) is 0 Å². The number of hydrogen-bond acceptors (Lipinski definition) is 3. The van der Waals surface area contributed by atoms with Crippen LogP contribution in [-0.2, 0) is 9.47 Å². The standard InChI is InChI=1S/C14H21NO2.C2H6.H2/c1-2-4-12(3-1)11-15-13-5-7-14(8-6-13)16-9-10-17-14;1-2;/h1,3-4,13,15H,2,5-11H2;1-2H3;1H. The lowest BCUT2D eigenvalue weighted by atomic mass is 9.90. The van der Waals surface area contributed by atoms with E-state index < -0.39 is 0 Å². The third-order valence-corrected chi connectivity index (χ3v) is 4.00. The van der Waals surface area contributed by atoms with Gasteiger partial charge in [0.2, 0.25) is 0 Å². The SMILES string of the molecule is C1=CC(CNC2CCC3(CC2)OCCO3)=CC1.CC.[HH]. The van der Waals surface area contributed by atoms with E-state index >= 15 is 0 Å². The van der Waals surface area contributed by atoms with Gasteiger partial charge in [0, 0.05) is 26.9 Å². The van der Waals surface area contributed by atoms with Gasteiger partial charge in [0.05, 0.1) is 13.2 Å². The smallest absolute Gasteiger partial charge is 0.168 e. The van der Waals surface area contributed by atoms with Crippen molar-refractivity contribution in [1.29, 1.82) is 0 Å². The molecule has 1 N–H and O–H groups in total. The zero-order chi connectivity index (χ0) is 13.6. The summed E-state index contributed by atoms with van der Waals surface area (Å²) >= 11 is 0. The van der Waals surface area contributed by atoms with Gasteiger partial charge < -0.3 is 14.8 Å². The first-order chi connectivity index (χ1) is 9.36. The summed E-state index contributed by atoms with van der Waals surface area (Å²) in [5, 5.41) is 3.64. The molecule has 2 fully saturated rings. The maximum absolute atomic E-state index is 5.74. The van der Waals surface area contributed by atoms with Crippen molar-refractivity contribution in [3.63, 3.8) is 0 Å². The molecule has 3 heteroatoms. The van der Waals surface area contributed by atoms with Gasteiger partial charge >= 0.3 is 0 Å². The largest absolute Gasteiger partial charge is 0.348 e. The topological polar surface area (TPSA) is 30.5 Å². The Morgan fingerprint density at radius 1 is 1.26 bits per heavy atom. The molecule has 0 bridgehead atoms. The molecule has 1 heterocycles. The highest BCUT2D eigenvalue weighted by Gasteiger charge is 2.40. The zero-order valence-corrected chi connectivity index (χ0v) is 12.3. The predicted molar refractivity (Wildman–Crippen MR) is 80.2 cm³/mol. The first kappa shape index (κ1) is 14.8. The van der Waals surface area contributed by atoms with Gasteiger partial charge in [-0.2, -0.15) is 0 Å². The molecule has 3 nitrogen and oxygen atoms in total. The molecule has 0 aromatic carbocycles. The molecule has 0 aromatic rings. The van der Waals surface area contributed by atoms with E-state index in [1.54, 1.807) is 0 Å². The Hall–Kier alpha value is -0.640. The van der Waals surface area contributed by atoms with Gasteiger partial charge in [-0.05, 0) is 24.8 Å². The highest BCUT2D eigenvalue weighted by atomic mass is 16.7. The van der Waals surface area contributed by atoms with E-state index in [1.165, 1.54) is 5.57 Å². The summed E-state index contributed by atoms with van der Waals surface area (Å²) in [5.74, 6) is -0.218. The Balaban J connectivity index is 0.000000639. The molecule has 1 spiro atoms. The minimum absolute atomic E-state index is 0. The molecule has 19 heavy (non-hydrogen) atoms. The summed E-state index contributed by atoms with van der Waals surface area (Å²) in [5.41, 5.74) is 1.43. The fourth-order valence-corrected chi connectivity index (χ4v) is 2.95. The summed E-state index contributed by atoms with van der Waals surface area (Å²) in [6.45, 7) is 6.56. The fraction of sp³-hybridized carbons (Fsp3) is 0.750. The van der Waals surface area contributed by atoms with Crippen LogP contribution in [-0.4, -0.2) is 31.6 Å². The Morgan fingerprint density at radius 3 is 2.53 bits per heavy atom. The fourth-order valence-electron chi connectivity index (χ4n) is 2.95. The summed E-state index contributed by atoms with van der Waals surface area (Å²) < 4.78 is 11.5. The molecule has 3 rings (SSSR count). The second-order valence-electron chi connectivity index (χ2n) is 5.18. The summed E-state index contributed by atoms with van der Waals surface area (Å²) in [6.07, 6.45) is 12.2. The highest BCUT2D eigenvalue weighted by molar-refractivity contribution is 5.27. The molecule has 0 unspecified atom stereocenters. The van der Waals surface area contributed by atoms with Crippen LogP contribution in [0.25, 0.3) is 0 Å². The molecule has 0 atom stereocenters. The molecule has 1 saturated carbocycles. The number of rotatable bonds is 3. The zero-order valence-electron chi connectivity index (χ0n) is 12.3. The van der Waals surface area contributed by atoms with Gasteiger partial charge in [0.25, 0.3) is 0 Å². The molecule has 0 radical (unpaired) electrons. The molecular weight excluding hydrogens is 238 g/mol. The van der Waals surface area contributed by atoms with E-state index in [9.17, 15) is 0 Å². The normalized spacial score (nSPS) is 25.3. The van der Waals surface area contributed by atoms with E-state index in [-0.39, 0.29) is 7.21 Å². The first-order valence-electron chi connectivity index (χ1n) is 7.73. The van der Waals surface area contributed by atoms with Gasteiger partial charge in [0.1, 0.15) is 0 Å². The molecule has 1 aliphatic heterocycles. The number of hydrogen-bond donors (Lipinski definition) is 1. The van der Waals surface area contributed by atoms with Crippen LogP contribution < -0.4 is 5.32 Å². The summed E-state index contributed by atoms with van der Waals surface area (Å²) in [4.78, 5) is 0. The van der Waals surface area contributed by atoms with Gasteiger partial charge in [-0.3, -0.25) is 0 Å². The number of allylic oxidation sites excluding steroid dienone is 2. The van der Waals surface area contributed by atoms with Crippen LogP contribution in [0.1, 0.15) is 47.4 Å². The predicted octanol–water partition coefficient (Wildman–Crippen LogP) is 3.42. The van der Waals surface area contributed by atoms with E-state index in [2.05, 4.69) is 23.5 Å². The minimum atomic E-state index is -0.218. The first-order valence-corrected chi connectivity index (χ1v) is 7.73. The van der Waals surface area contributed by atoms with Crippen molar-refractivity contribution in [2.24, 2.45) is 0 Å². The van der Waals surface area contributed by atoms with Crippen molar-refractivity contribution >= 4 is 0 Å². The lowest BCUT2D eigenvalue weighted by Crippen LogP contribution is -2.42. The quantitative estimate of drug-likeness (QED) is 0.850. The Kier molecular flexibility index (Phi) is 5.61. The Labute approximate surface area is 118 Å². The second kappa shape index (κ2) is 7.22. The minimum Gasteiger partial charge on any atom is -0.348 e. The summed E-state index contributed by atoms with van der Waals surface area (Å²) in [7, 11) is 0. The molecule has 0 aromatic heterocycles. The van der Waals surface area contributed by atoms with Crippen molar-refractivity contribution in [2.75, 3.05) is 19.8 Å². The number of ether oxygens (including phenoxy) is 2. The van der Waals surface area contributed by atoms with Crippen LogP contribution in [0, 0.1) is 0 Å². The van der Waals surface area contributed by atoms with Crippen LogP contribution in [0.4, 0.5) is 0 Å². The number of nitrogens with one attached hydrogen (secondary N) is 1. The third kappa shape index (κ3) is 3.91. The van der Waals surface area contributed by atoms with E-state index in [4.69, 9.17) is 9.47 Å². The lowest BCUT2D eigenvalue weighted by molar-refractivity contribution is -0.179. The molecule has 1 saturated heterocycles. The van der Waals surface area contributed by atoms with Crippen LogP contribution in [0.2, 0.25) is 0 Å². The van der Waals surface area contributed by atoms with E-state index in [0.717, 1.165) is 51.9 Å². The van der Waals surface area contributed by atoms with E-state index in [1.807, 2.05) is 13.8 Å². The van der Waals surface area contributed by atoms with Crippen molar-refractivity contribution in [1.82, 2.24) is 5.32 Å². The Morgan fingerprint density at radius 2 is 1.95 bits per heavy atom. The van der Waals surface area contributed by atoms with Crippen LogP contribution in [0.15, 0.2) is 23.8 Å². The molecule has 0 amide bonds. The van der Waals surface area contributed by atoms with Crippen molar-refractivity contribution in [3.8, 4) is 0 Å². The second-order valence-corrected chi connectivity index (χ2v) is 5.18. The Bertz CT molecular complexity index is 325.